The van der Waals surface area contributed by atoms with Crippen molar-refractivity contribution in [2.24, 2.45) is 16.0 Å². The van der Waals surface area contributed by atoms with Crippen molar-refractivity contribution in [3.05, 3.63) is 66.2 Å². The van der Waals surface area contributed by atoms with Gasteiger partial charge in [-0.25, -0.2) is 0 Å². The predicted molar refractivity (Wildman–Crippen MR) is 112 cm³/mol. The van der Waals surface area contributed by atoms with Gasteiger partial charge in [-0.3, -0.25) is 10.0 Å². The molecule has 0 spiro atoms. The third kappa shape index (κ3) is 4.21. The summed E-state index contributed by atoms with van der Waals surface area (Å²) in [5, 5.41) is 7.15. The molecule has 0 fully saturated rings. The Hall–Kier alpha value is -2.62. The molecule has 2 heterocycles. The normalized spacial score (nSPS) is 22.8. The standard InChI is InChI=1S/C23H27N3O/c1-27-22-15-9-8-12-20(24-22)16-19-17-26(21-13-6-3-7-14-21)25-23(19)18-10-4-2-5-11-18/h2-7,10-11,13-14,19-20H,8-9,12,15-17H2,1H3. The summed E-state index contributed by atoms with van der Waals surface area (Å²) in [6.45, 7) is 0.905. The lowest BCUT2D eigenvalue weighted by atomic mass is 9.90. The van der Waals surface area contributed by atoms with Gasteiger partial charge in [-0.2, -0.15) is 5.10 Å². The number of para-hydroxylation sites is 1. The Labute approximate surface area is 161 Å². The SMILES string of the molecule is COC1=NC(CC2CN(c3ccccc3)N=C2c2ccccc2)CCCC1. The quantitative estimate of drug-likeness (QED) is 0.776. The molecule has 0 N–H and O–H groups in total. The number of hydrogen-bond acceptors (Lipinski definition) is 4. The lowest BCUT2D eigenvalue weighted by Gasteiger charge is -2.19. The van der Waals surface area contributed by atoms with Crippen LogP contribution < -0.4 is 5.01 Å². The first-order chi connectivity index (χ1) is 13.3. The number of benzene rings is 2. The monoisotopic (exact) mass is 361 g/mol. The molecule has 2 unspecified atom stereocenters. The van der Waals surface area contributed by atoms with Crippen LogP contribution in [0.1, 0.15) is 37.7 Å². The van der Waals surface area contributed by atoms with E-state index in [9.17, 15) is 0 Å². The van der Waals surface area contributed by atoms with E-state index >= 15 is 0 Å². The van der Waals surface area contributed by atoms with E-state index < -0.39 is 0 Å². The number of ether oxygens (including phenoxy) is 1. The van der Waals surface area contributed by atoms with E-state index in [1.807, 2.05) is 6.07 Å². The number of hydrogen-bond donors (Lipinski definition) is 0. The van der Waals surface area contributed by atoms with Crippen LogP contribution in [0, 0.1) is 5.92 Å². The highest BCUT2D eigenvalue weighted by Crippen LogP contribution is 2.30. The van der Waals surface area contributed by atoms with Crippen molar-refractivity contribution in [1.29, 1.82) is 0 Å². The van der Waals surface area contributed by atoms with Crippen LogP contribution in [0.2, 0.25) is 0 Å². The summed E-state index contributed by atoms with van der Waals surface area (Å²) in [6.07, 6.45) is 5.51. The lowest BCUT2D eigenvalue weighted by molar-refractivity contribution is 0.384. The number of nitrogens with zero attached hydrogens (tertiary/aromatic N) is 3. The van der Waals surface area contributed by atoms with E-state index in [1.54, 1.807) is 7.11 Å². The molecule has 2 aliphatic rings. The molecule has 27 heavy (non-hydrogen) atoms. The fraction of sp³-hybridized carbons (Fsp3) is 0.391. The molecule has 0 amide bonds. The lowest BCUT2D eigenvalue weighted by Crippen LogP contribution is -2.24. The first-order valence-corrected chi connectivity index (χ1v) is 9.90. The molecule has 4 heteroatoms. The van der Waals surface area contributed by atoms with Crippen molar-refractivity contribution < 1.29 is 4.74 Å². The summed E-state index contributed by atoms with van der Waals surface area (Å²) in [6, 6.07) is 21.3. The maximum Gasteiger partial charge on any atom is 0.183 e. The van der Waals surface area contributed by atoms with Crippen molar-refractivity contribution in [3.63, 3.8) is 0 Å². The first kappa shape index (κ1) is 17.8. The van der Waals surface area contributed by atoms with Crippen molar-refractivity contribution in [2.75, 3.05) is 18.7 Å². The molecule has 140 valence electrons. The van der Waals surface area contributed by atoms with Crippen LogP contribution in [0.3, 0.4) is 0 Å². The second-order valence-electron chi connectivity index (χ2n) is 7.33. The van der Waals surface area contributed by atoms with Gasteiger partial charge >= 0.3 is 0 Å². The average Bonchev–Trinajstić information content (AvgIpc) is 3.01. The molecule has 0 aromatic heterocycles. The van der Waals surface area contributed by atoms with Crippen LogP contribution in [0.25, 0.3) is 0 Å². The topological polar surface area (TPSA) is 37.2 Å². The number of aliphatic imine (C=N–C) groups is 1. The van der Waals surface area contributed by atoms with Crippen LogP contribution >= 0.6 is 0 Å². The first-order valence-electron chi connectivity index (χ1n) is 9.90. The van der Waals surface area contributed by atoms with Gasteiger partial charge in [-0.15, -0.1) is 0 Å². The summed E-state index contributed by atoms with van der Waals surface area (Å²) in [4.78, 5) is 4.90. The minimum absolute atomic E-state index is 0.317. The number of hydrazone groups is 1. The largest absolute Gasteiger partial charge is 0.484 e. The van der Waals surface area contributed by atoms with Gasteiger partial charge in [0.05, 0.1) is 31.1 Å². The molecule has 2 aliphatic heterocycles. The van der Waals surface area contributed by atoms with Gasteiger partial charge in [0.15, 0.2) is 5.90 Å². The van der Waals surface area contributed by atoms with Crippen molar-refractivity contribution >= 4 is 17.3 Å². The Morgan fingerprint density at radius 1 is 1.00 bits per heavy atom. The van der Waals surface area contributed by atoms with Gasteiger partial charge < -0.3 is 4.74 Å². The maximum atomic E-state index is 5.48. The molecular formula is C23H27N3O. The van der Waals surface area contributed by atoms with E-state index in [1.165, 1.54) is 24.1 Å². The molecule has 2 atom stereocenters. The molecule has 2 aromatic rings. The second kappa shape index (κ2) is 8.38. The molecule has 0 bridgehead atoms. The van der Waals surface area contributed by atoms with Crippen molar-refractivity contribution in [2.45, 2.75) is 38.1 Å². The van der Waals surface area contributed by atoms with Crippen LogP contribution in [0.15, 0.2) is 70.8 Å². The van der Waals surface area contributed by atoms with E-state index in [-0.39, 0.29) is 0 Å². The highest BCUT2D eigenvalue weighted by Gasteiger charge is 2.31. The molecule has 0 saturated carbocycles. The van der Waals surface area contributed by atoms with Crippen molar-refractivity contribution in [1.82, 2.24) is 0 Å². The summed E-state index contributed by atoms with van der Waals surface area (Å²) in [5.41, 5.74) is 3.54. The van der Waals surface area contributed by atoms with Gasteiger partial charge in [-0.1, -0.05) is 55.0 Å². The average molecular weight is 361 g/mol. The van der Waals surface area contributed by atoms with Crippen molar-refractivity contribution in [3.8, 4) is 0 Å². The Morgan fingerprint density at radius 3 is 2.48 bits per heavy atom. The Bertz CT molecular complexity index is 801. The molecule has 4 nitrogen and oxygen atoms in total. The van der Waals surface area contributed by atoms with Gasteiger partial charge in [0.25, 0.3) is 0 Å². The smallest absolute Gasteiger partial charge is 0.183 e. The van der Waals surface area contributed by atoms with E-state index in [0.29, 0.717) is 12.0 Å². The van der Waals surface area contributed by atoms with E-state index in [0.717, 1.165) is 37.4 Å². The van der Waals surface area contributed by atoms with Gasteiger partial charge in [0, 0.05) is 12.3 Å². The molecule has 0 radical (unpaired) electrons. The zero-order valence-electron chi connectivity index (χ0n) is 15.9. The summed E-state index contributed by atoms with van der Waals surface area (Å²) < 4.78 is 5.48. The van der Waals surface area contributed by atoms with Crippen LogP contribution in [0.4, 0.5) is 5.69 Å². The summed E-state index contributed by atoms with van der Waals surface area (Å²) in [7, 11) is 1.74. The third-order valence-electron chi connectivity index (χ3n) is 5.43. The third-order valence-corrected chi connectivity index (χ3v) is 5.43. The van der Waals surface area contributed by atoms with E-state index in [4.69, 9.17) is 14.8 Å². The zero-order chi connectivity index (χ0) is 18.5. The van der Waals surface area contributed by atoms with Crippen LogP contribution in [0.5, 0.6) is 0 Å². The zero-order valence-corrected chi connectivity index (χ0v) is 15.9. The number of anilines is 1. The van der Waals surface area contributed by atoms with Crippen LogP contribution in [-0.2, 0) is 4.74 Å². The Morgan fingerprint density at radius 2 is 1.74 bits per heavy atom. The summed E-state index contributed by atoms with van der Waals surface area (Å²) >= 11 is 0. The molecule has 2 aromatic carbocycles. The fourth-order valence-corrected chi connectivity index (χ4v) is 4.04. The second-order valence-corrected chi connectivity index (χ2v) is 7.33. The molecule has 0 aliphatic carbocycles. The maximum absolute atomic E-state index is 5.48. The van der Waals surface area contributed by atoms with Gasteiger partial charge in [0.1, 0.15) is 0 Å². The molecule has 4 rings (SSSR count). The van der Waals surface area contributed by atoms with Gasteiger partial charge in [0.2, 0.25) is 0 Å². The highest BCUT2D eigenvalue weighted by atomic mass is 16.5. The molecular weight excluding hydrogens is 334 g/mol. The minimum atomic E-state index is 0.317. The van der Waals surface area contributed by atoms with Crippen LogP contribution in [-0.4, -0.2) is 31.3 Å². The summed E-state index contributed by atoms with van der Waals surface area (Å²) in [5.74, 6) is 1.28. The minimum Gasteiger partial charge on any atom is -0.484 e. The molecule has 0 saturated heterocycles. The number of rotatable bonds is 4. The fourth-order valence-electron chi connectivity index (χ4n) is 4.04. The number of methoxy groups -OCH3 is 1. The Kier molecular flexibility index (Phi) is 5.52. The highest BCUT2D eigenvalue weighted by molar-refractivity contribution is 6.04. The van der Waals surface area contributed by atoms with E-state index in [2.05, 4.69) is 59.6 Å². The Balaban J connectivity index is 1.59. The van der Waals surface area contributed by atoms with Gasteiger partial charge in [-0.05, 0) is 37.0 Å². The predicted octanol–water partition coefficient (Wildman–Crippen LogP) is 4.90.